The van der Waals surface area contributed by atoms with Gasteiger partial charge in [0.1, 0.15) is 11.4 Å². The van der Waals surface area contributed by atoms with Gasteiger partial charge in [0.15, 0.2) is 5.82 Å². The van der Waals surface area contributed by atoms with Crippen molar-refractivity contribution in [1.82, 2.24) is 19.9 Å². The van der Waals surface area contributed by atoms with E-state index >= 15 is 0 Å². The summed E-state index contributed by atoms with van der Waals surface area (Å²) in [5.41, 5.74) is 6.16. The summed E-state index contributed by atoms with van der Waals surface area (Å²) in [5, 5.41) is 0.699. The van der Waals surface area contributed by atoms with E-state index < -0.39 is 0 Å². The van der Waals surface area contributed by atoms with Gasteiger partial charge < -0.3 is 9.72 Å². The highest BCUT2D eigenvalue weighted by Crippen LogP contribution is 2.27. The Labute approximate surface area is 206 Å². The predicted molar refractivity (Wildman–Crippen MR) is 138 cm³/mol. The summed E-state index contributed by atoms with van der Waals surface area (Å²) < 4.78 is 6.03. The number of benzene rings is 2. The molecule has 1 aliphatic rings. The van der Waals surface area contributed by atoms with Crippen LogP contribution in [0.3, 0.4) is 0 Å². The Hall–Kier alpha value is -2.89. The molecule has 176 valence electrons. The van der Waals surface area contributed by atoms with Gasteiger partial charge in [-0.25, -0.2) is 9.97 Å². The number of aromatic amines is 1. The molecule has 1 aliphatic heterocycles. The number of imidazole rings is 1. The second-order valence-corrected chi connectivity index (χ2v) is 10.0. The van der Waals surface area contributed by atoms with Gasteiger partial charge in [-0.05, 0) is 79.9 Å². The van der Waals surface area contributed by atoms with E-state index in [4.69, 9.17) is 26.3 Å². The Morgan fingerprint density at radius 1 is 1.03 bits per heavy atom. The first-order valence-corrected chi connectivity index (χ1v) is 12.5. The van der Waals surface area contributed by atoms with Crippen LogP contribution in [-0.2, 0) is 13.0 Å². The molecule has 3 heterocycles. The lowest BCUT2D eigenvalue weighted by Crippen LogP contribution is -2.18. The smallest absolute Gasteiger partial charge is 0.157 e. The van der Waals surface area contributed by atoms with Crippen LogP contribution < -0.4 is 4.74 Å². The van der Waals surface area contributed by atoms with Gasteiger partial charge in [-0.15, -0.1) is 0 Å². The number of H-pyrrole nitrogens is 1. The van der Waals surface area contributed by atoms with Crippen LogP contribution in [0.4, 0.5) is 0 Å². The normalized spacial score (nSPS) is 14.4. The van der Waals surface area contributed by atoms with E-state index in [0.29, 0.717) is 24.0 Å². The van der Waals surface area contributed by atoms with E-state index in [1.807, 2.05) is 36.4 Å². The molecule has 0 amide bonds. The lowest BCUT2D eigenvalue weighted by Gasteiger charge is -2.14. The molecule has 5 nitrogen and oxygen atoms in total. The number of ether oxygens (including phenoxy) is 1. The SMILES string of the molecule is CC(C)COc1ccc(Cl)cc1Cc1cccc(-c2nc3ccc(CN4CCCC4)cc3[nH]2)n1. The van der Waals surface area contributed by atoms with Crippen molar-refractivity contribution in [2.45, 2.75) is 39.7 Å². The number of aromatic nitrogens is 3. The van der Waals surface area contributed by atoms with E-state index in [1.54, 1.807) is 0 Å². The number of rotatable bonds is 8. The van der Waals surface area contributed by atoms with Crippen LogP contribution in [0.15, 0.2) is 54.6 Å². The second kappa shape index (κ2) is 10.2. The van der Waals surface area contributed by atoms with Crippen molar-refractivity contribution >= 4 is 22.6 Å². The monoisotopic (exact) mass is 474 g/mol. The largest absolute Gasteiger partial charge is 0.493 e. The number of fused-ring (bicyclic) bond motifs is 1. The first-order chi connectivity index (χ1) is 16.5. The zero-order valence-electron chi connectivity index (χ0n) is 19.9. The first kappa shape index (κ1) is 22.9. The Morgan fingerprint density at radius 2 is 1.88 bits per heavy atom. The number of halogens is 1. The van der Waals surface area contributed by atoms with Crippen LogP contribution in [0.25, 0.3) is 22.6 Å². The number of nitrogens with one attached hydrogen (secondary N) is 1. The van der Waals surface area contributed by atoms with Crippen molar-refractivity contribution < 1.29 is 4.74 Å². The molecule has 5 rings (SSSR count). The third-order valence-electron chi connectivity index (χ3n) is 6.17. The third kappa shape index (κ3) is 5.43. The van der Waals surface area contributed by atoms with Crippen molar-refractivity contribution in [2.75, 3.05) is 19.7 Å². The highest BCUT2D eigenvalue weighted by molar-refractivity contribution is 6.30. The molecule has 0 aliphatic carbocycles. The Balaban J connectivity index is 1.37. The number of hydrogen-bond acceptors (Lipinski definition) is 4. The lowest BCUT2D eigenvalue weighted by atomic mass is 10.1. The number of hydrogen-bond donors (Lipinski definition) is 1. The van der Waals surface area contributed by atoms with Crippen LogP contribution >= 0.6 is 11.6 Å². The molecule has 0 bridgehead atoms. The standard InChI is InChI=1S/C28H31ClN4O/c1-19(2)18-34-27-11-9-22(29)15-21(27)16-23-6-5-7-25(30-23)28-31-24-10-8-20(14-26(24)32-28)17-33-12-3-4-13-33/h5-11,14-15,19H,3-4,12-13,16-18H2,1-2H3,(H,31,32). The molecule has 2 aromatic carbocycles. The average Bonchev–Trinajstić information content (AvgIpc) is 3.48. The maximum atomic E-state index is 6.29. The molecule has 34 heavy (non-hydrogen) atoms. The van der Waals surface area contributed by atoms with Gasteiger partial charge in [-0.3, -0.25) is 4.90 Å². The van der Waals surface area contributed by atoms with Crippen LogP contribution in [0, 0.1) is 5.92 Å². The van der Waals surface area contributed by atoms with Gasteiger partial charge >= 0.3 is 0 Å². The summed E-state index contributed by atoms with van der Waals surface area (Å²) in [6.45, 7) is 8.34. The maximum absolute atomic E-state index is 6.29. The van der Waals surface area contributed by atoms with E-state index in [1.165, 1.54) is 31.5 Å². The molecule has 1 N–H and O–H groups in total. The fraction of sp³-hybridized carbons (Fsp3) is 0.357. The average molecular weight is 475 g/mol. The molecule has 6 heteroatoms. The summed E-state index contributed by atoms with van der Waals surface area (Å²) in [6, 6.07) is 18.4. The van der Waals surface area contributed by atoms with Crippen molar-refractivity contribution in [3.8, 4) is 17.3 Å². The number of nitrogens with zero attached hydrogens (tertiary/aromatic N) is 3. The topological polar surface area (TPSA) is 54.0 Å². The van der Waals surface area contributed by atoms with E-state index in [-0.39, 0.29) is 0 Å². The minimum atomic E-state index is 0.453. The Kier molecular flexibility index (Phi) is 6.84. The molecule has 0 saturated carbocycles. The first-order valence-electron chi connectivity index (χ1n) is 12.1. The van der Waals surface area contributed by atoms with E-state index in [9.17, 15) is 0 Å². The van der Waals surface area contributed by atoms with Crippen molar-refractivity contribution in [1.29, 1.82) is 0 Å². The fourth-order valence-corrected chi connectivity index (χ4v) is 4.66. The Bertz CT molecular complexity index is 1280. The van der Waals surface area contributed by atoms with Gasteiger partial charge in [0.05, 0.1) is 17.6 Å². The van der Waals surface area contributed by atoms with Crippen LogP contribution in [-0.4, -0.2) is 39.5 Å². The summed E-state index contributed by atoms with van der Waals surface area (Å²) in [4.78, 5) is 15.7. The zero-order valence-corrected chi connectivity index (χ0v) is 20.6. The predicted octanol–water partition coefficient (Wildman–Crippen LogP) is 6.50. The van der Waals surface area contributed by atoms with Gasteiger partial charge in [-0.2, -0.15) is 0 Å². The summed E-state index contributed by atoms with van der Waals surface area (Å²) >= 11 is 6.29. The van der Waals surface area contributed by atoms with Gasteiger partial charge in [0.25, 0.3) is 0 Å². The second-order valence-electron chi connectivity index (χ2n) is 9.57. The molecular weight excluding hydrogens is 444 g/mol. The minimum Gasteiger partial charge on any atom is -0.493 e. The van der Waals surface area contributed by atoms with Crippen LogP contribution in [0.5, 0.6) is 5.75 Å². The molecule has 1 saturated heterocycles. The molecule has 0 unspecified atom stereocenters. The molecule has 4 aromatic rings. The molecular formula is C28H31ClN4O. The zero-order chi connectivity index (χ0) is 23.5. The molecule has 0 atom stereocenters. The van der Waals surface area contributed by atoms with Gasteiger partial charge in [-0.1, -0.05) is 37.6 Å². The Morgan fingerprint density at radius 3 is 2.71 bits per heavy atom. The highest BCUT2D eigenvalue weighted by atomic mass is 35.5. The van der Waals surface area contributed by atoms with Crippen molar-refractivity contribution in [2.24, 2.45) is 5.92 Å². The van der Waals surface area contributed by atoms with Gasteiger partial charge in [0, 0.05) is 29.2 Å². The van der Waals surface area contributed by atoms with Gasteiger partial charge in [0.2, 0.25) is 0 Å². The fourth-order valence-electron chi connectivity index (χ4n) is 4.46. The van der Waals surface area contributed by atoms with Crippen LogP contribution in [0.2, 0.25) is 5.02 Å². The third-order valence-corrected chi connectivity index (χ3v) is 6.40. The maximum Gasteiger partial charge on any atom is 0.157 e. The van der Waals surface area contributed by atoms with Crippen molar-refractivity contribution in [3.63, 3.8) is 0 Å². The van der Waals surface area contributed by atoms with E-state index in [0.717, 1.165) is 46.1 Å². The van der Waals surface area contributed by atoms with Crippen LogP contribution in [0.1, 0.15) is 43.5 Å². The van der Waals surface area contributed by atoms with E-state index in [2.05, 4.69) is 41.9 Å². The number of likely N-dealkylation sites (tertiary alicyclic amines) is 1. The summed E-state index contributed by atoms with van der Waals surface area (Å²) in [6.07, 6.45) is 3.25. The number of pyridine rings is 1. The summed E-state index contributed by atoms with van der Waals surface area (Å²) in [7, 11) is 0. The van der Waals surface area contributed by atoms with Crippen molar-refractivity contribution in [3.05, 3.63) is 76.4 Å². The molecule has 0 spiro atoms. The molecule has 0 radical (unpaired) electrons. The highest BCUT2D eigenvalue weighted by Gasteiger charge is 2.14. The summed E-state index contributed by atoms with van der Waals surface area (Å²) in [5.74, 6) is 2.10. The lowest BCUT2D eigenvalue weighted by molar-refractivity contribution is 0.269. The minimum absolute atomic E-state index is 0.453. The molecule has 1 fully saturated rings. The quantitative estimate of drug-likeness (QED) is 0.316. The molecule has 2 aromatic heterocycles.